The molecule has 124 valence electrons. The molecule has 0 saturated carbocycles. The van der Waals surface area contributed by atoms with Crippen LogP contribution >= 0.6 is 0 Å². The van der Waals surface area contributed by atoms with Gasteiger partial charge in [0.25, 0.3) is 0 Å². The van der Waals surface area contributed by atoms with Crippen LogP contribution in [-0.4, -0.2) is 5.75 Å². The van der Waals surface area contributed by atoms with Crippen molar-refractivity contribution in [2.75, 3.05) is 5.75 Å². The molecular formula is C22H31S+. The summed E-state index contributed by atoms with van der Waals surface area (Å²) in [6, 6.07) is 18.5. The summed E-state index contributed by atoms with van der Waals surface area (Å²) >= 11 is 0. The maximum atomic E-state index is 2.32. The van der Waals surface area contributed by atoms with E-state index in [0.717, 1.165) is 5.75 Å². The SMILES string of the molecule is CC[S+](c1ccc(C(C)(C)C)cc1)c1ccc(C(C)(C)C)cc1. The monoisotopic (exact) mass is 327 g/mol. The Bertz CT molecular complexity index is 564. The maximum absolute atomic E-state index is 2.32. The van der Waals surface area contributed by atoms with Gasteiger partial charge in [0.2, 0.25) is 0 Å². The van der Waals surface area contributed by atoms with Crippen molar-refractivity contribution in [3.05, 3.63) is 59.7 Å². The van der Waals surface area contributed by atoms with E-state index in [0.29, 0.717) is 0 Å². The van der Waals surface area contributed by atoms with E-state index in [2.05, 4.69) is 97.0 Å². The highest BCUT2D eigenvalue weighted by molar-refractivity contribution is 7.97. The first-order valence-electron chi connectivity index (χ1n) is 8.55. The molecule has 0 radical (unpaired) electrons. The van der Waals surface area contributed by atoms with Crippen molar-refractivity contribution in [1.82, 2.24) is 0 Å². The first-order chi connectivity index (χ1) is 10.6. The molecule has 0 aromatic heterocycles. The average Bonchev–Trinajstić information content (AvgIpc) is 2.47. The van der Waals surface area contributed by atoms with Crippen molar-refractivity contribution < 1.29 is 0 Å². The number of benzene rings is 2. The van der Waals surface area contributed by atoms with Crippen molar-refractivity contribution in [2.24, 2.45) is 0 Å². The van der Waals surface area contributed by atoms with Gasteiger partial charge in [0.15, 0.2) is 9.79 Å². The van der Waals surface area contributed by atoms with E-state index in [1.165, 1.54) is 20.9 Å². The Morgan fingerprint density at radius 2 is 0.913 bits per heavy atom. The Balaban J connectivity index is 2.29. The third-order valence-electron chi connectivity index (χ3n) is 4.30. The normalized spacial score (nSPS) is 12.7. The lowest BCUT2D eigenvalue weighted by Crippen LogP contribution is -2.13. The third-order valence-corrected chi connectivity index (χ3v) is 6.56. The topological polar surface area (TPSA) is 0 Å². The fourth-order valence-electron chi connectivity index (χ4n) is 2.71. The van der Waals surface area contributed by atoms with E-state index in [-0.39, 0.29) is 21.7 Å². The Hall–Kier alpha value is -1.21. The predicted octanol–water partition coefficient (Wildman–Crippen LogP) is 6.34. The molecule has 0 amide bonds. The summed E-state index contributed by atoms with van der Waals surface area (Å²) < 4.78 is 0. The van der Waals surface area contributed by atoms with Crippen LogP contribution in [-0.2, 0) is 21.7 Å². The van der Waals surface area contributed by atoms with E-state index < -0.39 is 0 Å². The van der Waals surface area contributed by atoms with Gasteiger partial charge in [-0.05, 0) is 53.1 Å². The second-order valence-corrected chi connectivity index (χ2v) is 10.5. The van der Waals surface area contributed by atoms with Gasteiger partial charge in [-0.15, -0.1) is 0 Å². The van der Waals surface area contributed by atoms with Gasteiger partial charge in [-0.3, -0.25) is 0 Å². The molecule has 0 bridgehead atoms. The molecule has 0 aliphatic heterocycles. The minimum atomic E-state index is 0.172. The first-order valence-corrected chi connectivity index (χ1v) is 9.94. The quantitative estimate of drug-likeness (QED) is 0.577. The van der Waals surface area contributed by atoms with Crippen LogP contribution in [0.15, 0.2) is 58.3 Å². The molecule has 2 aromatic rings. The molecule has 0 fully saturated rings. The van der Waals surface area contributed by atoms with Crippen LogP contribution in [0, 0.1) is 0 Å². The molecule has 0 saturated heterocycles. The summed E-state index contributed by atoms with van der Waals surface area (Å²) in [6.07, 6.45) is 0. The third kappa shape index (κ3) is 4.41. The second-order valence-electron chi connectivity index (χ2n) is 8.23. The van der Waals surface area contributed by atoms with Crippen LogP contribution in [0.3, 0.4) is 0 Å². The number of rotatable bonds is 3. The lowest BCUT2D eigenvalue weighted by Gasteiger charge is -2.20. The Labute approximate surface area is 145 Å². The summed E-state index contributed by atoms with van der Waals surface area (Å²) in [4.78, 5) is 2.90. The summed E-state index contributed by atoms with van der Waals surface area (Å²) in [5, 5.41) is 0. The first kappa shape index (κ1) is 18.1. The van der Waals surface area contributed by atoms with Crippen molar-refractivity contribution in [2.45, 2.75) is 69.1 Å². The molecule has 0 atom stereocenters. The molecule has 0 nitrogen and oxygen atoms in total. The molecule has 0 aliphatic rings. The zero-order valence-electron chi connectivity index (χ0n) is 15.7. The van der Waals surface area contributed by atoms with Gasteiger partial charge in [0.05, 0.1) is 10.9 Å². The fourth-order valence-corrected chi connectivity index (χ4v) is 4.58. The minimum Gasteiger partial charge on any atom is -0.0561 e. The van der Waals surface area contributed by atoms with Gasteiger partial charge < -0.3 is 0 Å². The molecule has 1 heteroatoms. The molecule has 0 unspecified atom stereocenters. The maximum Gasteiger partial charge on any atom is 0.160 e. The van der Waals surface area contributed by atoms with Crippen molar-refractivity contribution in [3.8, 4) is 0 Å². The van der Waals surface area contributed by atoms with E-state index >= 15 is 0 Å². The highest BCUT2D eigenvalue weighted by atomic mass is 32.2. The van der Waals surface area contributed by atoms with Crippen LogP contribution in [0.2, 0.25) is 0 Å². The van der Waals surface area contributed by atoms with Crippen molar-refractivity contribution in [3.63, 3.8) is 0 Å². The van der Waals surface area contributed by atoms with E-state index in [4.69, 9.17) is 0 Å². The van der Waals surface area contributed by atoms with Gasteiger partial charge in [0, 0.05) is 0 Å². The van der Waals surface area contributed by atoms with Gasteiger partial charge in [-0.1, -0.05) is 65.8 Å². The van der Waals surface area contributed by atoms with Gasteiger partial charge in [-0.2, -0.15) is 0 Å². The van der Waals surface area contributed by atoms with E-state index in [1.807, 2.05) is 0 Å². The van der Waals surface area contributed by atoms with Crippen molar-refractivity contribution in [1.29, 1.82) is 0 Å². The van der Waals surface area contributed by atoms with Crippen molar-refractivity contribution >= 4 is 10.9 Å². The zero-order valence-corrected chi connectivity index (χ0v) is 16.6. The van der Waals surface area contributed by atoms with Crippen LogP contribution in [0.1, 0.15) is 59.6 Å². The van der Waals surface area contributed by atoms with Gasteiger partial charge in [-0.25, -0.2) is 0 Å². The smallest absolute Gasteiger partial charge is 0.0561 e. The standard InChI is InChI=1S/C22H31S/c1-8-23(19-13-9-17(10-14-19)21(2,3)4)20-15-11-18(12-16-20)22(5,6)7/h9-16H,8H2,1-7H3/q+1. The van der Waals surface area contributed by atoms with Crippen LogP contribution < -0.4 is 0 Å². The lowest BCUT2D eigenvalue weighted by atomic mass is 9.87. The average molecular weight is 328 g/mol. The molecular weight excluding hydrogens is 296 g/mol. The Kier molecular flexibility index (Phi) is 5.30. The summed E-state index contributed by atoms with van der Waals surface area (Å²) in [7, 11) is 0.172. The largest absolute Gasteiger partial charge is 0.160 e. The van der Waals surface area contributed by atoms with E-state index in [9.17, 15) is 0 Å². The van der Waals surface area contributed by atoms with Crippen LogP contribution in [0.5, 0.6) is 0 Å². The molecule has 23 heavy (non-hydrogen) atoms. The summed E-state index contributed by atoms with van der Waals surface area (Å²) in [5.74, 6) is 1.16. The second kappa shape index (κ2) is 6.73. The Morgan fingerprint density at radius 3 is 1.13 bits per heavy atom. The molecule has 0 N–H and O–H groups in total. The zero-order chi connectivity index (χ0) is 17.3. The molecule has 0 heterocycles. The Morgan fingerprint density at radius 1 is 0.609 bits per heavy atom. The molecule has 0 spiro atoms. The van der Waals surface area contributed by atoms with Crippen LogP contribution in [0.25, 0.3) is 0 Å². The molecule has 0 aliphatic carbocycles. The lowest BCUT2D eigenvalue weighted by molar-refractivity contribution is 0.589. The highest BCUT2D eigenvalue weighted by Crippen LogP contribution is 2.29. The van der Waals surface area contributed by atoms with E-state index in [1.54, 1.807) is 0 Å². The highest BCUT2D eigenvalue weighted by Gasteiger charge is 2.25. The van der Waals surface area contributed by atoms with Gasteiger partial charge in [0.1, 0.15) is 5.75 Å². The molecule has 2 rings (SSSR count). The predicted molar refractivity (Wildman–Crippen MR) is 105 cm³/mol. The molecule has 2 aromatic carbocycles. The van der Waals surface area contributed by atoms with Crippen LogP contribution in [0.4, 0.5) is 0 Å². The fraction of sp³-hybridized carbons (Fsp3) is 0.455. The number of hydrogen-bond donors (Lipinski definition) is 0. The van der Waals surface area contributed by atoms with Gasteiger partial charge >= 0.3 is 0 Å². The minimum absolute atomic E-state index is 0.172. The number of hydrogen-bond acceptors (Lipinski definition) is 0. The summed E-state index contributed by atoms with van der Waals surface area (Å²) in [6.45, 7) is 15.9. The summed E-state index contributed by atoms with van der Waals surface area (Å²) in [5.41, 5.74) is 3.25.